The molecule has 0 aromatic carbocycles. The normalized spacial score (nSPS) is 30.1. The summed E-state index contributed by atoms with van der Waals surface area (Å²) in [6.07, 6.45) is 1.52. The number of ether oxygens (including phenoxy) is 2. The van der Waals surface area contributed by atoms with Crippen LogP contribution < -0.4 is 0 Å². The minimum absolute atomic E-state index is 0.210. The van der Waals surface area contributed by atoms with Gasteiger partial charge in [0.1, 0.15) is 6.10 Å². The Labute approximate surface area is 73.0 Å². The zero-order valence-corrected chi connectivity index (χ0v) is 7.62. The monoisotopic (exact) mass is 172 g/mol. The van der Waals surface area contributed by atoms with E-state index in [0.717, 1.165) is 0 Å². The Kier molecular flexibility index (Phi) is 2.88. The van der Waals surface area contributed by atoms with Gasteiger partial charge < -0.3 is 14.6 Å². The van der Waals surface area contributed by atoms with Gasteiger partial charge in [0.2, 0.25) is 0 Å². The van der Waals surface area contributed by atoms with Crippen LogP contribution in [-0.4, -0.2) is 29.7 Å². The Morgan fingerprint density at radius 3 is 2.83 bits per heavy atom. The molecule has 0 aliphatic carbocycles. The molecule has 0 bridgehead atoms. The first-order valence-electron chi connectivity index (χ1n) is 4.16. The van der Waals surface area contributed by atoms with Gasteiger partial charge in [0.25, 0.3) is 0 Å². The zero-order valence-electron chi connectivity index (χ0n) is 7.62. The molecular formula is C9H16O3. The molecule has 3 nitrogen and oxygen atoms in total. The third-order valence-electron chi connectivity index (χ3n) is 1.87. The van der Waals surface area contributed by atoms with Gasteiger partial charge in [0, 0.05) is 0 Å². The molecule has 0 spiro atoms. The summed E-state index contributed by atoms with van der Waals surface area (Å²) in [6.45, 7) is 7.69. The smallest absolute Gasteiger partial charge is 0.163 e. The minimum Gasteiger partial charge on any atom is -0.390 e. The first-order valence-corrected chi connectivity index (χ1v) is 4.16. The molecule has 0 aromatic rings. The lowest BCUT2D eigenvalue weighted by atomic mass is 10.1. The van der Waals surface area contributed by atoms with Crippen molar-refractivity contribution in [1.29, 1.82) is 0 Å². The zero-order chi connectivity index (χ0) is 9.19. The van der Waals surface area contributed by atoms with E-state index in [1.807, 2.05) is 13.8 Å². The molecule has 0 saturated carbocycles. The van der Waals surface area contributed by atoms with Gasteiger partial charge in [-0.25, -0.2) is 0 Å². The van der Waals surface area contributed by atoms with Gasteiger partial charge in [0.15, 0.2) is 5.79 Å². The molecule has 12 heavy (non-hydrogen) atoms. The van der Waals surface area contributed by atoms with Crippen LogP contribution in [0.1, 0.15) is 20.3 Å². The van der Waals surface area contributed by atoms with Gasteiger partial charge in [0.05, 0.1) is 12.7 Å². The van der Waals surface area contributed by atoms with Crippen molar-refractivity contribution in [2.24, 2.45) is 0 Å². The molecule has 2 atom stereocenters. The largest absolute Gasteiger partial charge is 0.390 e. The van der Waals surface area contributed by atoms with Crippen LogP contribution in [0.4, 0.5) is 0 Å². The molecule has 1 aliphatic rings. The van der Waals surface area contributed by atoms with Crippen molar-refractivity contribution in [1.82, 2.24) is 0 Å². The van der Waals surface area contributed by atoms with Crippen molar-refractivity contribution < 1.29 is 14.6 Å². The second kappa shape index (κ2) is 3.56. The fraction of sp³-hybridized carbons (Fsp3) is 0.778. The van der Waals surface area contributed by atoms with E-state index >= 15 is 0 Å². The van der Waals surface area contributed by atoms with E-state index in [1.54, 1.807) is 6.08 Å². The molecule has 1 fully saturated rings. The van der Waals surface area contributed by atoms with Gasteiger partial charge in [-0.2, -0.15) is 0 Å². The average Bonchev–Trinajstić information content (AvgIpc) is 2.31. The number of rotatable bonds is 3. The second-order valence-electron chi connectivity index (χ2n) is 3.46. The van der Waals surface area contributed by atoms with Gasteiger partial charge in [-0.1, -0.05) is 6.08 Å². The lowest BCUT2D eigenvalue weighted by molar-refractivity contribution is -0.150. The molecule has 1 aliphatic heterocycles. The number of hydrogen-bond acceptors (Lipinski definition) is 3. The average molecular weight is 172 g/mol. The summed E-state index contributed by atoms with van der Waals surface area (Å²) in [5.74, 6) is -0.549. The Hall–Kier alpha value is -0.380. The molecule has 1 heterocycles. The molecule has 0 amide bonds. The molecule has 1 unspecified atom stereocenters. The van der Waals surface area contributed by atoms with E-state index in [9.17, 15) is 5.11 Å². The first kappa shape index (κ1) is 9.71. The van der Waals surface area contributed by atoms with E-state index < -0.39 is 11.9 Å². The van der Waals surface area contributed by atoms with E-state index in [4.69, 9.17) is 9.47 Å². The first-order chi connectivity index (χ1) is 5.55. The summed E-state index contributed by atoms with van der Waals surface area (Å²) < 4.78 is 10.7. The van der Waals surface area contributed by atoms with E-state index in [2.05, 4.69) is 6.58 Å². The standard InChI is InChI=1S/C9H16O3/c1-4-5-7(10)8-6-11-9(2,3)12-8/h4,7-8,10H,1,5-6H2,2-3H3/t7?,8-/m0/s1. The maximum Gasteiger partial charge on any atom is 0.163 e. The van der Waals surface area contributed by atoms with Crippen LogP contribution in [0.25, 0.3) is 0 Å². The van der Waals surface area contributed by atoms with Gasteiger partial charge in [-0.05, 0) is 20.3 Å². The highest BCUT2D eigenvalue weighted by molar-refractivity contribution is 4.82. The summed E-state index contributed by atoms with van der Waals surface area (Å²) in [6, 6.07) is 0. The van der Waals surface area contributed by atoms with E-state index in [1.165, 1.54) is 0 Å². The molecule has 3 heteroatoms. The van der Waals surface area contributed by atoms with Gasteiger partial charge in [-0.15, -0.1) is 6.58 Å². The Balaban J connectivity index is 2.40. The fourth-order valence-corrected chi connectivity index (χ4v) is 1.23. The third-order valence-corrected chi connectivity index (χ3v) is 1.87. The van der Waals surface area contributed by atoms with Crippen molar-refractivity contribution in [3.63, 3.8) is 0 Å². The fourth-order valence-electron chi connectivity index (χ4n) is 1.23. The molecule has 0 radical (unpaired) electrons. The summed E-state index contributed by atoms with van der Waals surface area (Å²) in [7, 11) is 0. The molecule has 0 aromatic heterocycles. The van der Waals surface area contributed by atoms with Gasteiger partial charge >= 0.3 is 0 Å². The molecule has 1 rings (SSSR count). The van der Waals surface area contributed by atoms with E-state index in [-0.39, 0.29) is 6.10 Å². The quantitative estimate of drug-likeness (QED) is 0.647. The summed E-state index contributed by atoms with van der Waals surface area (Å²) in [5, 5.41) is 9.50. The summed E-state index contributed by atoms with van der Waals surface area (Å²) >= 11 is 0. The molecule has 1 saturated heterocycles. The van der Waals surface area contributed by atoms with Crippen molar-refractivity contribution in [2.45, 2.75) is 38.3 Å². The van der Waals surface area contributed by atoms with Crippen molar-refractivity contribution in [3.8, 4) is 0 Å². The Morgan fingerprint density at radius 1 is 1.75 bits per heavy atom. The number of aliphatic hydroxyl groups is 1. The lowest BCUT2D eigenvalue weighted by Crippen LogP contribution is -2.30. The predicted octanol–water partition coefficient (Wildman–Crippen LogP) is 1.07. The highest BCUT2D eigenvalue weighted by atomic mass is 16.7. The van der Waals surface area contributed by atoms with Crippen molar-refractivity contribution >= 4 is 0 Å². The maximum absolute atomic E-state index is 9.50. The molecule has 1 N–H and O–H groups in total. The third kappa shape index (κ3) is 2.30. The van der Waals surface area contributed by atoms with E-state index in [0.29, 0.717) is 13.0 Å². The highest BCUT2D eigenvalue weighted by Gasteiger charge is 2.36. The maximum atomic E-state index is 9.50. The van der Waals surface area contributed by atoms with Crippen LogP contribution in [-0.2, 0) is 9.47 Å². The SMILES string of the molecule is C=CCC(O)[C@@H]1COC(C)(C)O1. The molecule has 70 valence electrons. The van der Waals surface area contributed by atoms with Crippen LogP contribution in [0.5, 0.6) is 0 Å². The van der Waals surface area contributed by atoms with Crippen LogP contribution in [0.3, 0.4) is 0 Å². The predicted molar refractivity (Wildman–Crippen MR) is 45.7 cm³/mol. The van der Waals surface area contributed by atoms with Crippen LogP contribution in [0.15, 0.2) is 12.7 Å². The Bertz CT molecular complexity index is 165. The van der Waals surface area contributed by atoms with Crippen LogP contribution in [0, 0.1) is 0 Å². The number of hydrogen-bond donors (Lipinski definition) is 1. The van der Waals surface area contributed by atoms with Gasteiger partial charge in [-0.3, -0.25) is 0 Å². The molecular weight excluding hydrogens is 156 g/mol. The summed E-state index contributed by atoms with van der Waals surface area (Å²) in [4.78, 5) is 0. The topological polar surface area (TPSA) is 38.7 Å². The van der Waals surface area contributed by atoms with Crippen molar-refractivity contribution in [3.05, 3.63) is 12.7 Å². The minimum atomic E-state index is -0.549. The number of aliphatic hydroxyl groups excluding tert-OH is 1. The Morgan fingerprint density at radius 2 is 2.42 bits per heavy atom. The van der Waals surface area contributed by atoms with Crippen molar-refractivity contribution in [2.75, 3.05) is 6.61 Å². The summed E-state index contributed by atoms with van der Waals surface area (Å²) in [5.41, 5.74) is 0. The lowest BCUT2D eigenvalue weighted by Gasteiger charge is -2.19. The second-order valence-corrected chi connectivity index (χ2v) is 3.46. The van der Waals surface area contributed by atoms with Crippen LogP contribution >= 0.6 is 0 Å². The highest BCUT2D eigenvalue weighted by Crippen LogP contribution is 2.24. The van der Waals surface area contributed by atoms with Crippen LogP contribution in [0.2, 0.25) is 0 Å².